The van der Waals surface area contributed by atoms with Crippen molar-refractivity contribution in [3.8, 4) is 0 Å². The fourth-order valence-corrected chi connectivity index (χ4v) is 3.23. The number of unbranched alkanes of at least 4 members (excludes halogenated alkanes) is 1. The van der Waals surface area contributed by atoms with Gasteiger partial charge in [-0.1, -0.05) is 13.3 Å². The van der Waals surface area contributed by atoms with E-state index in [0.717, 1.165) is 45.1 Å². The Morgan fingerprint density at radius 1 is 0.885 bits per heavy atom. The quantitative estimate of drug-likeness (QED) is 0.653. The molecule has 1 saturated carbocycles. The van der Waals surface area contributed by atoms with E-state index in [1.165, 1.54) is 6.92 Å². The molecule has 1 aromatic carbocycles. The number of amides is 3. The third kappa shape index (κ3) is 6.17. The Morgan fingerprint density at radius 2 is 1.38 bits per heavy atom. The molecule has 0 radical (unpaired) electrons. The molecule has 1 fully saturated rings. The number of benzene rings is 1. The molecule has 0 bridgehead atoms. The molecule has 0 atom stereocenters. The molecule has 1 aliphatic rings. The van der Waals surface area contributed by atoms with Crippen molar-refractivity contribution in [2.24, 2.45) is 11.8 Å². The van der Waals surface area contributed by atoms with Gasteiger partial charge < -0.3 is 16.0 Å². The Hall–Kier alpha value is -2.37. The largest absolute Gasteiger partial charge is 0.356 e. The van der Waals surface area contributed by atoms with Crippen molar-refractivity contribution in [3.05, 3.63) is 24.3 Å². The van der Waals surface area contributed by atoms with Crippen LogP contribution in [0.15, 0.2) is 24.3 Å². The van der Waals surface area contributed by atoms with Crippen molar-refractivity contribution in [2.75, 3.05) is 17.2 Å². The molecular formula is C20H29N3O3. The van der Waals surface area contributed by atoms with E-state index in [9.17, 15) is 14.4 Å². The van der Waals surface area contributed by atoms with Gasteiger partial charge in [-0.15, -0.1) is 0 Å². The van der Waals surface area contributed by atoms with Gasteiger partial charge in [-0.3, -0.25) is 14.4 Å². The van der Waals surface area contributed by atoms with Crippen LogP contribution in [0.2, 0.25) is 0 Å². The van der Waals surface area contributed by atoms with Crippen LogP contribution >= 0.6 is 0 Å². The van der Waals surface area contributed by atoms with Gasteiger partial charge in [0.25, 0.3) is 0 Å². The summed E-state index contributed by atoms with van der Waals surface area (Å²) in [5, 5.41) is 8.61. The lowest BCUT2D eigenvalue weighted by Crippen LogP contribution is -2.35. The lowest BCUT2D eigenvalue weighted by atomic mass is 9.81. The van der Waals surface area contributed by atoms with E-state index >= 15 is 0 Å². The third-order valence-electron chi connectivity index (χ3n) is 4.77. The first-order valence-electron chi connectivity index (χ1n) is 9.45. The summed E-state index contributed by atoms with van der Waals surface area (Å²) in [4.78, 5) is 35.6. The van der Waals surface area contributed by atoms with E-state index in [0.29, 0.717) is 11.4 Å². The maximum absolute atomic E-state index is 12.4. The molecule has 142 valence electrons. The Bertz CT molecular complexity index is 620. The first-order chi connectivity index (χ1) is 12.5. The molecule has 0 aliphatic heterocycles. The van der Waals surface area contributed by atoms with E-state index in [4.69, 9.17) is 0 Å². The molecule has 0 unspecified atom stereocenters. The maximum Gasteiger partial charge on any atom is 0.227 e. The minimum absolute atomic E-state index is 0.00196. The summed E-state index contributed by atoms with van der Waals surface area (Å²) < 4.78 is 0. The number of hydrogen-bond donors (Lipinski definition) is 3. The highest BCUT2D eigenvalue weighted by Gasteiger charge is 2.29. The summed E-state index contributed by atoms with van der Waals surface area (Å²) in [6.07, 6.45) is 5.07. The van der Waals surface area contributed by atoms with Crippen LogP contribution in [0.3, 0.4) is 0 Å². The minimum Gasteiger partial charge on any atom is -0.356 e. The van der Waals surface area contributed by atoms with Crippen LogP contribution < -0.4 is 16.0 Å². The predicted octanol–water partition coefficient (Wildman–Crippen LogP) is 3.31. The summed E-state index contributed by atoms with van der Waals surface area (Å²) in [7, 11) is 0. The zero-order valence-corrected chi connectivity index (χ0v) is 15.6. The topological polar surface area (TPSA) is 87.3 Å². The van der Waals surface area contributed by atoms with Gasteiger partial charge in [0.05, 0.1) is 0 Å². The van der Waals surface area contributed by atoms with Gasteiger partial charge in [0, 0.05) is 36.7 Å². The number of carbonyl (C=O) groups is 3. The molecule has 26 heavy (non-hydrogen) atoms. The molecule has 0 aromatic heterocycles. The first-order valence-corrected chi connectivity index (χ1v) is 9.45. The van der Waals surface area contributed by atoms with Crippen LogP contribution in [0.1, 0.15) is 52.4 Å². The van der Waals surface area contributed by atoms with Gasteiger partial charge >= 0.3 is 0 Å². The molecule has 1 aliphatic carbocycles. The molecule has 0 heterocycles. The molecular weight excluding hydrogens is 330 g/mol. The van der Waals surface area contributed by atoms with E-state index in [1.54, 1.807) is 24.3 Å². The molecule has 6 nitrogen and oxygen atoms in total. The number of carbonyl (C=O) groups excluding carboxylic acids is 3. The standard InChI is InChI=1S/C20H29N3O3/c1-3-4-13-21-19(25)15-5-7-16(8-6-15)20(26)23-18-11-9-17(10-12-18)22-14(2)24/h9-12,15-16H,3-8,13H2,1-2H3,(H,21,25)(H,22,24)(H,23,26). The first kappa shape index (κ1) is 19.9. The molecule has 6 heteroatoms. The molecule has 0 spiro atoms. The summed E-state index contributed by atoms with van der Waals surface area (Å²) in [6, 6.07) is 7.06. The Kier molecular flexibility index (Phi) is 7.63. The van der Waals surface area contributed by atoms with Crippen LogP contribution in [0.4, 0.5) is 11.4 Å². The summed E-state index contributed by atoms with van der Waals surface area (Å²) >= 11 is 0. The lowest BCUT2D eigenvalue weighted by Gasteiger charge is -2.27. The van der Waals surface area contributed by atoms with Crippen molar-refractivity contribution in [1.82, 2.24) is 5.32 Å². The average Bonchev–Trinajstić information content (AvgIpc) is 2.63. The second-order valence-electron chi connectivity index (χ2n) is 6.94. The monoisotopic (exact) mass is 359 g/mol. The van der Waals surface area contributed by atoms with Gasteiger partial charge in [0.1, 0.15) is 0 Å². The second-order valence-corrected chi connectivity index (χ2v) is 6.94. The average molecular weight is 359 g/mol. The van der Waals surface area contributed by atoms with E-state index in [2.05, 4.69) is 22.9 Å². The number of rotatable bonds is 7. The fourth-order valence-electron chi connectivity index (χ4n) is 3.23. The van der Waals surface area contributed by atoms with Gasteiger partial charge in [-0.25, -0.2) is 0 Å². The van der Waals surface area contributed by atoms with E-state index < -0.39 is 0 Å². The van der Waals surface area contributed by atoms with Crippen molar-refractivity contribution < 1.29 is 14.4 Å². The highest BCUT2D eigenvalue weighted by Crippen LogP contribution is 2.30. The highest BCUT2D eigenvalue weighted by atomic mass is 16.2. The minimum atomic E-state index is -0.128. The smallest absolute Gasteiger partial charge is 0.227 e. The van der Waals surface area contributed by atoms with Gasteiger partial charge in [-0.05, 0) is 56.4 Å². The Balaban J connectivity index is 1.77. The van der Waals surface area contributed by atoms with E-state index in [-0.39, 0.29) is 29.6 Å². The zero-order chi connectivity index (χ0) is 18.9. The van der Waals surface area contributed by atoms with Gasteiger partial charge in [-0.2, -0.15) is 0 Å². The van der Waals surface area contributed by atoms with Crippen LogP contribution in [-0.4, -0.2) is 24.3 Å². The summed E-state index contributed by atoms with van der Waals surface area (Å²) in [5.41, 5.74) is 1.41. The van der Waals surface area contributed by atoms with Crippen molar-refractivity contribution in [1.29, 1.82) is 0 Å². The molecule has 3 N–H and O–H groups in total. The Morgan fingerprint density at radius 3 is 1.88 bits per heavy atom. The van der Waals surface area contributed by atoms with Crippen molar-refractivity contribution in [2.45, 2.75) is 52.4 Å². The predicted molar refractivity (Wildman–Crippen MR) is 103 cm³/mol. The number of hydrogen-bond acceptors (Lipinski definition) is 3. The molecule has 3 amide bonds. The fraction of sp³-hybridized carbons (Fsp3) is 0.550. The van der Waals surface area contributed by atoms with Crippen LogP contribution in [-0.2, 0) is 14.4 Å². The maximum atomic E-state index is 12.4. The van der Waals surface area contributed by atoms with Crippen molar-refractivity contribution in [3.63, 3.8) is 0 Å². The van der Waals surface area contributed by atoms with Crippen molar-refractivity contribution >= 4 is 29.1 Å². The number of nitrogens with one attached hydrogen (secondary N) is 3. The van der Waals surface area contributed by atoms with Gasteiger partial charge in [0.15, 0.2) is 0 Å². The van der Waals surface area contributed by atoms with Crippen LogP contribution in [0.25, 0.3) is 0 Å². The third-order valence-corrected chi connectivity index (χ3v) is 4.77. The summed E-state index contributed by atoms with van der Waals surface area (Å²) in [6.45, 7) is 4.30. The van der Waals surface area contributed by atoms with Crippen LogP contribution in [0, 0.1) is 11.8 Å². The van der Waals surface area contributed by atoms with E-state index in [1.807, 2.05) is 0 Å². The highest BCUT2D eigenvalue weighted by molar-refractivity contribution is 5.93. The lowest BCUT2D eigenvalue weighted by molar-refractivity contribution is -0.128. The SMILES string of the molecule is CCCCNC(=O)C1CCC(C(=O)Nc2ccc(NC(C)=O)cc2)CC1. The molecule has 2 rings (SSSR count). The Labute approximate surface area is 155 Å². The number of anilines is 2. The zero-order valence-electron chi connectivity index (χ0n) is 15.6. The summed E-state index contributed by atoms with van der Waals surface area (Å²) in [5.74, 6) is -0.0113. The second kappa shape index (κ2) is 9.94. The molecule has 1 aromatic rings. The molecule has 0 saturated heterocycles. The van der Waals surface area contributed by atoms with Gasteiger partial charge in [0.2, 0.25) is 17.7 Å². The van der Waals surface area contributed by atoms with Crippen LogP contribution in [0.5, 0.6) is 0 Å². The normalized spacial score (nSPS) is 19.5.